The molecule has 1 aliphatic rings. The SMILES string of the molecule is CCCC(C)[C@@H](c1cc(OC)c(OC)cc1F)N1CCNCC1.Cl. The zero-order chi connectivity index (χ0) is 16.8. The Kier molecular flexibility index (Phi) is 8.81. The molecule has 6 heteroatoms. The van der Waals surface area contributed by atoms with E-state index in [0.717, 1.165) is 39.0 Å². The molecule has 24 heavy (non-hydrogen) atoms. The van der Waals surface area contributed by atoms with Crippen molar-refractivity contribution in [3.63, 3.8) is 0 Å². The van der Waals surface area contributed by atoms with E-state index in [-0.39, 0.29) is 24.3 Å². The molecule has 2 atom stereocenters. The van der Waals surface area contributed by atoms with Crippen molar-refractivity contribution in [2.24, 2.45) is 5.92 Å². The Labute approximate surface area is 151 Å². The van der Waals surface area contributed by atoms with Gasteiger partial charge in [0.05, 0.1) is 14.2 Å². The Morgan fingerprint density at radius 3 is 2.29 bits per heavy atom. The molecule has 0 radical (unpaired) electrons. The van der Waals surface area contributed by atoms with Gasteiger partial charge in [-0.15, -0.1) is 12.4 Å². The van der Waals surface area contributed by atoms with Gasteiger partial charge in [0, 0.05) is 43.9 Å². The fraction of sp³-hybridized carbons (Fsp3) is 0.667. The Balaban J connectivity index is 0.00000288. The number of piperazine rings is 1. The van der Waals surface area contributed by atoms with Gasteiger partial charge in [0.15, 0.2) is 11.5 Å². The first kappa shape index (κ1) is 21.0. The highest BCUT2D eigenvalue weighted by Crippen LogP contribution is 2.38. The van der Waals surface area contributed by atoms with Crippen molar-refractivity contribution >= 4 is 12.4 Å². The monoisotopic (exact) mass is 360 g/mol. The summed E-state index contributed by atoms with van der Waals surface area (Å²) in [6.45, 7) is 8.16. The van der Waals surface area contributed by atoms with Gasteiger partial charge in [-0.3, -0.25) is 4.90 Å². The molecule has 0 saturated carbocycles. The minimum absolute atomic E-state index is 0. The van der Waals surface area contributed by atoms with Crippen molar-refractivity contribution in [3.05, 3.63) is 23.5 Å². The highest BCUT2D eigenvalue weighted by Gasteiger charge is 2.30. The number of nitrogens with zero attached hydrogens (tertiary/aromatic N) is 1. The normalized spacial score (nSPS) is 17.7. The molecule has 138 valence electrons. The highest BCUT2D eigenvalue weighted by molar-refractivity contribution is 5.85. The van der Waals surface area contributed by atoms with Crippen LogP contribution in [0.25, 0.3) is 0 Å². The van der Waals surface area contributed by atoms with E-state index in [2.05, 4.69) is 24.1 Å². The second-order valence-corrected chi connectivity index (χ2v) is 6.23. The average molecular weight is 361 g/mol. The number of hydrogen-bond donors (Lipinski definition) is 1. The summed E-state index contributed by atoms with van der Waals surface area (Å²) in [7, 11) is 3.12. The van der Waals surface area contributed by atoms with Crippen LogP contribution in [0.4, 0.5) is 4.39 Å². The lowest BCUT2D eigenvalue weighted by Gasteiger charge is -2.39. The first-order valence-electron chi connectivity index (χ1n) is 8.48. The van der Waals surface area contributed by atoms with Gasteiger partial charge in [0.1, 0.15) is 5.82 Å². The zero-order valence-corrected chi connectivity index (χ0v) is 15.9. The highest BCUT2D eigenvalue weighted by atomic mass is 35.5. The molecule has 4 nitrogen and oxygen atoms in total. The molecule has 1 N–H and O–H groups in total. The van der Waals surface area contributed by atoms with E-state index in [1.54, 1.807) is 7.11 Å². The fourth-order valence-corrected chi connectivity index (χ4v) is 3.53. The zero-order valence-electron chi connectivity index (χ0n) is 15.1. The van der Waals surface area contributed by atoms with E-state index < -0.39 is 0 Å². The molecule has 1 aromatic rings. The second kappa shape index (κ2) is 10.1. The summed E-state index contributed by atoms with van der Waals surface area (Å²) in [6.07, 6.45) is 2.17. The second-order valence-electron chi connectivity index (χ2n) is 6.23. The largest absolute Gasteiger partial charge is 0.493 e. The average Bonchev–Trinajstić information content (AvgIpc) is 2.57. The van der Waals surface area contributed by atoms with Crippen LogP contribution in [-0.2, 0) is 0 Å². The summed E-state index contributed by atoms with van der Waals surface area (Å²) in [5, 5.41) is 3.37. The number of hydrogen-bond acceptors (Lipinski definition) is 4. The standard InChI is InChI=1S/C18H29FN2O2.ClH/c1-5-6-13(2)18(21-9-7-20-8-10-21)14-11-16(22-3)17(23-4)12-15(14)19;/h11-13,18,20H,5-10H2,1-4H3;1H/t13?,18-;/m0./s1. The number of halogens is 2. The van der Waals surface area contributed by atoms with Crippen molar-refractivity contribution < 1.29 is 13.9 Å². The molecule has 0 bridgehead atoms. The van der Waals surface area contributed by atoms with Gasteiger partial charge in [0.2, 0.25) is 0 Å². The minimum atomic E-state index is -0.214. The van der Waals surface area contributed by atoms with Crippen LogP contribution in [-0.4, -0.2) is 45.3 Å². The molecule has 0 aromatic heterocycles. The number of methoxy groups -OCH3 is 2. The fourth-order valence-electron chi connectivity index (χ4n) is 3.53. The maximum absolute atomic E-state index is 14.8. The van der Waals surface area contributed by atoms with Crippen LogP contribution in [0, 0.1) is 11.7 Å². The summed E-state index contributed by atoms with van der Waals surface area (Å²) in [4.78, 5) is 2.39. The lowest BCUT2D eigenvalue weighted by molar-refractivity contribution is 0.122. The molecular weight excluding hydrogens is 331 g/mol. The Bertz CT molecular complexity index is 510. The third kappa shape index (κ3) is 4.74. The Morgan fingerprint density at radius 1 is 1.17 bits per heavy atom. The molecule has 0 aliphatic carbocycles. The van der Waals surface area contributed by atoms with Crippen LogP contribution in [0.2, 0.25) is 0 Å². The summed E-state index contributed by atoms with van der Waals surface area (Å²) in [5.41, 5.74) is 0.713. The predicted molar refractivity (Wildman–Crippen MR) is 98.0 cm³/mol. The topological polar surface area (TPSA) is 33.7 Å². The van der Waals surface area contributed by atoms with E-state index in [4.69, 9.17) is 9.47 Å². The molecule has 1 unspecified atom stereocenters. The number of nitrogens with one attached hydrogen (secondary N) is 1. The Morgan fingerprint density at radius 2 is 1.75 bits per heavy atom. The van der Waals surface area contributed by atoms with Crippen LogP contribution >= 0.6 is 12.4 Å². The minimum Gasteiger partial charge on any atom is -0.493 e. The quantitative estimate of drug-likeness (QED) is 0.804. The maximum Gasteiger partial charge on any atom is 0.163 e. The van der Waals surface area contributed by atoms with Crippen LogP contribution in [0.1, 0.15) is 38.3 Å². The van der Waals surface area contributed by atoms with Gasteiger partial charge in [-0.25, -0.2) is 4.39 Å². The lowest BCUT2D eigenvalue weighted by Crippen LogP contribution is -2.46. The van der Waals surface area contributed by atoms with Crippen molar-refractivity contribution in [2.45, 2.75) is 32.7 Å². The van der Waals surface area contributed by atoms with Crippen LogP contribution in [0.15, 0.2) is 12.1 Å². The summed E-state index contributed by atoms with van der Waals surface area (Å²) in [5.74, 6) is 1.20. The first-order chi connectivity index (χ1) is 11.1. The van der Waals surface area contributed by atoms with Crippen molar-refractivity contribution in [3.8, 4) is 11.5 Å². The maximum atomic E-state index is 14.8. The molecule has 2 rings (SSSR count). The van der Waals surface area contributed by atoms with E-state index in [1.165, 1.54) is 13.2 Å². The van der Waals surface area contributed by atoms with Crippen molar-refractivity contribution in [1.29, 1.82) is 0 Å². The summed E-state index contributed by atoms with van der Waals surface area (Å²) >= 11 is 0. The van der Waals surface area contributed by atoms with Crippen LogP contribution in [0.5, 0.6) is 11.5 Å². The van der Waals surface area contributed by atoms with Crippen LogP contribution in [0.3, 0.4) is 0 Å². The predicted octanol–water partition coefficient (Wildman–Crippen LogP) is 3.65. The molecule has 1 heterocycles. The molecule has 1 aliphatic heterocycles. The van der Waals surface area contributed by atoms with Gasteiger partial charge in [0.25, 0.3) is 0 Å². The van der Waals surface area contributed by atoms with E-state index in [1.807, 2.05) is 6.07 Å². The van der Waals surface area contributed by atoms with Crippen molar-refractivity contribution in [2.75, 3.05) is 40.4 Å². The number of ether oxygens (including phenoxy) is 2. The Hall–Kier alpha value is -1.04. The summed E-state index contributed by atoms with van der Waals surface area (Å²) in [6, 6.07) is 3.33. The molecule has 1 fully saturated rings. The smallest absolute Gasteiger partial charge is 0.163 e. The van der Waals surface area contributed by atoms with Gasteiger partial charge in [-0.1, -0.05) is 20.3 Å². The molecular formula is C18H30ClFN2O2. The van der Waals surface area contributed by atoms with Crippen LogP contribution < -0.4 is 14.8 Å². The summed E-state index contributed by atoms with van der Waals surface area (Å²) < 4.78 is 25.4. The van der Waals surface area contributed by atoms with Crippen molar-refractivity contribution in [1.82, 2.24) is 10.2 Å². The number of rotatable bonds is 7. The third-order valence-electron chi connectivity index (χ3n) is 4.65. The molecule has 0 spiro atoms. The van der Waals surface area contributed by atoms with Gasteiger partial charge in [-0.2, -0.15) is 0 Å². The molecule has 0 amide bonds. The molecule has 1 aromatic carbocycles. The van der Waals surface area contributed by atoms with Gasteiger partial charge < -0.3 is 14.8 Å². The van der Waals surface area contributed by atoms with E-state index >= 15 is 0 Å². The lowest BCUT2D eigenvalue weighted by atomic mass is 9.88. The third-order valence-corrected chi connectivity index (χ3v) is 4.65. The van der Waals surface area contributed by atoms with E-state index in [0.29, 0.717) is 23.0 Å². The van der Waals surface area contributed by atoms with Gasteiger partial charge >= 0.3 is 0 Å². The number of benzene rings is 1. The van der Waals surface area contributed by atoms with Gasteiger partial charge in [-0.05, 0) is 18.4 Å². The van der Waals surface area contributed by atoms with E-state index in [9.17, 15) is 4.39 Å². The molecule has 1 saturated heterocycles. The first-order valence-corrected chi connectivity index (χ1v) is 8.48.